The van der Waals surface area contributed by atoms with Crippen molar-refractivity contribution in [2.75, 3.05) is 11.9 Å². The van der Waals surface area contributed by atoms with Crippen LogP contribution in [0.1, 0.15) is 42.6 Å². The molecule has 31 heavy (non-hydrogen) atoms. The third-order valence-corrected chi connectivity index (χ3v) is 5.06. The molecule has 3 heterocycles. The van der Waals surface area contributed by atoms with Crippen LogP contribution in [0.2, 0.25) is 0 Å². The molecule has 1 fully saturated rings. The van der Waals surface area contributed by atoms with E-state index in [1.165, 1.54) is 30.8 Å². The number of hydrogen-bond acceptors (Lipinski definition) is 7. The quantitative estimate of drug-likeness (QED) is 0.531. The minimum absolute atomic E-state index is 0.271. The fourth-order valence-corrected chi connectivity index (χ4v) is 2.99. The summed E-state index contributed by atoms with van der Waals surface area (Å²) in [5.41, 5.74) is 1.45. The largest absolute Gasteiger partial charge is 0.387 e. The molecule has 0 unspecified atom stereocenters. The molecule has 1 saturated carbocycles. The van der Waals surface area contributed by atoms with Crippen molar-refractivity contribution in [1.82, 2.24) is 24.9 Å². The average Bonchev–Trinajstić information content (AvgIpc) is 3.46. The van der Waals surface area contributed by atoms with Crippen molar-refractivity contribution < 1.29 is 14.3 Å². The number of nitrogens with one attached hydrogen (secondary N) is 2. The van der Waals surface area contributed by atoms with Crippen LogP contribution in [0.3, 0.4) is 0 Å². The molecule has 0 saturated heterocycles. The summed E-state index contributed by atoms with van der Waals surface area (Å²) in [6.45, 7) is 2.39. The number of amides is 1. The fourth-order valence-electron chi connectivity index (χ4n) is 2.99. The minimum atomic E-state index is -1.60. The zero-order valence-corrected chi connectivity index (χ0v) is 17.1. The third kappa shape index (κ3) is 4.46. The molecule has 0 aliphatic heterocycles. The van der Waals surface area contributed by atoms with E-state index in [1.54, 1.807) is 18.5 Å². The average molecular weight is 423 g/mol. The van der Waals surface area contributed by atoms with Gasteiger partial charge in [-0.05, 0) is 32.8 Å². The highest BCUT2D eigenvalue weighted by atomic mass is 19.1. The number of fused-ring (bicyclic) bond motifs is 1. The lowest BCUT2D eigenvalue weighted by molar-refractivity contribution is -0.00177. The predicted octanol–water partition coefficient (Wildman–Crippen LogP) is 2.08. The number of pyridine rings is 1. The van der Waals surface area contributed by atoms with Gasteiger partial charge in [-0.15, -0.1) is 0 Å². The Morgan fingerprint density at radius 1 is 1.39 bits per heavy atom. The smallest absolute Gasteiger partial charge is 0.255 e. The van der Waals surface area contributed by atoms with Gasteiger partial charge in [0.2, 0.25) is 0 Å². The summed E-state index contributed by atoms with van der Waals surface area (Å²) >= 11 is 0. The number of hydrogen-bond donors (Lipinski definition) is 3. The van der Waals surface area contributed by atoms with Crippen LogP contribution >= 0.6 is 0 Å². The van der Waals surface area contributed by atoms with Gasteiger partial charge >= 0.3 is 0 Å². The Labute approximate surface area is 177 Å². The molecule has 4 rings (SSSR count). The maximum Gasteiger partial charge on any atom is 0.255 e. The zero-order valence-electron chi connectivity index (χ0n) is 17.1. The first-order valence-corrected chi connectivity index (χ1v) is 9.91. The van der Waals surface area contributed by atoms with Gasteiger partial charge < -0.3 is 15.7 Å². The molecule has 10 heteroatoms. The summed E-state index contributed by atoms with van der Waals surface area (Å²) in [6, 6.07) is 4.03. The predicted molar refractivity (Wildman–Crippen MR) is 111 cm³/mol. The van der Waals surface area contributed by atoms with E-state index in [4.69, 9.17) is 5.26 Å². The van der Waals surface area contributed by atoms with Crippen molar-refractivity contribution in [2.45, 2.75) is 44.5 Å². The van der Waals surface area contributed by atoms with Gasteiger partial charge in [0.15, 0.2) is 5.65 Å². The lowest BCUT2D eigenvalue weighted by Gasteiger charge is -2.22. The van der Waals surface area contributed by atoms with Crippen molar-refractivity contribution in [1.29, 1.82) is 5.26 Å². The first-order chi connectivity index (χ1) is 14.8. The van der Waals surface area contributed by atoms with Gasteiger partial charge in [-0.3, -0.25) is 9.78 Å². The maximum atomic E-state index is 14.0. The van der Waals surface area contributed by atoms with E-state index in [-0.39, 0.29) is 18.2 Å². The van der Waals surface area contributed by atoms with E-state index in [2.05, 4.69) is 25.7 Å². The Balaban J connectivity index is 1.63. The number of aliphatic hydroxyl groups is 1. The molecule has 1 amide bonds. The molecule has 0 radical (unpaired) electrons. The molecule has 3 aromatic heterocycles. The molecule has 0 spiro atoms. The molecule has 1 aliphatic rings. The summed E-state index contributed by atoms with van der Waals surface area (Å²) in [4.78, 5) is 21.4. The Hall–Kier alpha value is -3.58. The number of halogens is 1. The number of aromatic nitrogens is 4. The molecular formula is C21H22FN7O2. The Bertz CT molecular complexity index is 1170. The summed E-state index contributed by atoms with van der Waals surface area (Å²) in [5, 5.41) is 28.8. The highest BCUT2D eigenvalue weighted by Gasteiger charge is 2.28. The van der Waals surface area contributed by atoms with Crippen LogP contribution in [0.4, 0.5) is 10.1 Å². The van der Waals surface area contributed by atoms with Crippen LogP contribution in [0, 0.1) is 11.3 Å². The number of carbonyl (C=O) groups is 1. The number of alkyl halides is 1. The molecule has 1 atom stereocenters. The minimum Gasteiger partial charge on any atom is -0.387 e. The van der Waals surface area contributed by atoms with E-state index >= 15 is 0 Å². The van der Waals surface area contributed by atoms with Gasteiger partial charge in [-0.2, -0.15) is 10.4 Å². The van der Waals surface area contributed by atoms with E-state index < -0.39 is 17.7 Å². The van der Waals surface area contributed by atoms with E-state index in [1.807, 2.05) is 6.07 Å². The highest BCUT2D eigenvalue weighted by Crippen LogP contribution is 2.30. The molecule has 160 valence electrons. The van der Waals surface area contributed by atoms with Crippen LogP contribution in [0.15, 0.2) is 30.9 Å². The fraction of sp³-hybridized carbons (Fsp3) is 0.381. The maximum absolute atomic E-state index is 14.0. The van der Waals surface area contributed by atoms with Crippen molar-refractivity contribution in [2.24, 2.45) is 0 Å². The van der Waals surface area contributed by atoms with Gasteiger partial charge in [0.1, 0.15) is 12.2 Å². The second kappa shape index (κ2) is 7.92. The summed E-state index contributed by atoms with van der Waals surface area (Å²) < 4.78 is 15.5. The van der Waals surface area contributed by atoms with Gasteiger partial charge in [0.05, 0.1) is 52.6 Å². The van der Waals surface area contributed by atoms with Gasteiger partial charge in [0, 0.05) is 18.4 Å². The Kier molecular flexibility index (Phi) is 5.29. The lowest BCUT2D eigenvalue weighted by atomic mass is 10.0. The number of nitriles is 1. The molecule has 1 aliphatic carbocycles. The van der Waals surface area contributed by atoms with Crippen LogP contribution in [0.5, 0.6) is 0 Å². The van der Waals surface area contributed by atoms with Crippen LogP contribution in [-0.2, 0) is 0 Å². The number of nitrogens with zero attached hydrogens (tertiary/aromatic N) is 5. The van der Waals surface area contributed by atoms with Gasteiger partial charge in [-0.25, -0.2) is 13.9 Å². The van der Waals surface area contributed by atoms with E-state index in [0.29, 0.717) is 28.2 Å². The van der Waals surface area contributed by atoms with Crippen LogP contribution in [0.25, 0.3) is 16.9 Å². The van der Waals surface area contributed by atoms with Crippen LogP contribution in [-0.4, -0.2) is 55.0 Å². The monoisotopic (exact) mass is 423 g/mol. The second-order valence-electron chi connectivity index (χ2n) is 8.15. The van der Waals surface area contributed by atoms with Crippen molar-refractivity contribution >= 4 is 17.2 Å². The molecule has 0 aromatic carbocycles. The van der Waals surface area contributed by atoms with Crippen LogP contribution < -0.4 is 10.6 Å². The lowest BCUT2D eigenvalue weighted by Crippen LogP contribution is -2.42. The van der Waals surface area contributed by atoms with Gasteiger partial charge in [-0.1, -0.05) is 0 Å². The van der Waals surface area contributed by atoms with Crippen molar-refractivity contribution in [3.63, 3.8) is 0 Å². The molecule has 3 aromatic rings. The first kappa shape index (κ1) is 20.7. The van der Waals surface area contributed by atoms with Gasteiger partial charge in [0.25, 0.3) is 5.91 Å². The zero-order chi connectivity index (χ0) is 22.2. The van der Waals surface area contributed by atoms with E-state index in [9.17, 15) is 14.3 Å². The molecular weight excluding hydrogens is 401 g/mol. The topological polar surface area (TPSA) is 128 Å². The molecule has 3 N–H and O–H groups in total. The standard InChI is InChI=1S/C21H22FN7O2/c1-21(2,31)18(22)10-26-20(30)15-8-24-16(5-17(15)28-13-3-4-13)14-9-27-29-11-12(6-23)7-25-19(14)29/h5,7-9,11,13,18,31H,3-4,10H2,1-2H3,(H,24,28)(H,26,30)/t18-/m1/s1. The Morgan fingerprint density at radius 3 is 2.84 bits per heavy atom. The molecule has 0 bridgehead atoms. The van der Waals surface area contributed by atoms with Crippen molar-refractivity contribution in [3.8, 4) is 17.3 Å². The number of anilines is 1. The summed E-state index contributed by atoms with van der Waals surface area (Å²) in [5.74, 6) is -0.481. The molecule has 9 nitrogen and oxygen atoms in total. The normalized spacial score (nSPS) is 14.8. The SMILES string of the molecule is CC(C)(O)[C@H](F)CNC(=O)c1cnc(-c2cnn3cc(C#N)cnc23)cc1NC1CC1. The first-order valence-electron chi connectivity index (χ1n) is 9.91. The second-order valence-corrected chi connectivity index (χ2v) is 8.15. The summed E-state index contributed by atoms with van der Waals surface area (Å²) in [7, 11) is 0. The Morgan fingerprint density at radius 2 is 2.16 bits per heavy atom. The third-order valence-electron chi connectivity index (χ3n) is 5.06. The van der Waals surface area contributed by atoms with Crippen molar-refractivity contribution in [3.05, 3.63) is 42.0 Å². The number of rotatable bonds is 7. The number of carbonyl (C=O) groups excluding carboxylic acids is 1. The highest BCUT2D eigenvalue weighted by molar-refractivity contribution is 6.00. The summed E-state index contributed by atoms with van der Waals surface area (Å²) in [6.07, 6.45) is 6.46. The van der Waals surface area contributed by atoms with E-state index in [0.717, 1.165) is 12.8 Å².